The number of nitrogens with one attached hydrogen (secondary N) is 1. The molecule has 0 radical (unpaired) electrons. The number of amides is 1. The molecular weight excluding hydrogens is 554 g/mol. The standard InChI is InChI=1S/C33H28ClN3O5/c1-4-27(32(38)37-26-18-23(34)28(40-2)19-29(26)41-3)42-33(39)22-15-16-24-25(17-22)36-31(21-13-9-6-10-14-21)30(35-24)20-11-7-5-8-12-20/h5-19,27H,4H2,1-3H3,(H,37,38). The molecule has 5 rings (SSSR count). The Morgan fingerprint density at radius 3 is 1.95 bits per heavy atom. The van der Waals surface area contributed by atoms with Crippen LogP contribution in [-0.2, 0) is 9.53 Å². The van der Waals surface area contributed by atoms with Gasteiger partial charge in [0.25, 0.3) is 5.91 Å². The van der Waals surface area contributed by atoms with Gasteiger partial charge in [-0.05, 0) is 30.7 Å². The van der Waals surface area contributed by atoms with Gasteiger partial charge in [0.05, 0.1) is 52.9 Å². The summed E-state index contributed by atoms with van der Waals surface area (Å²) < 4.78 is 16.2. The van der Waals surface area contributed by atoms with E-state index in [1.54, 1.807) is 31.2 Å². The average Bonchev–Trinajstić information content (AvgIpc) is 3.03. The number of fused-ring (bicyclic) bond motifs is 1. The summed E-state index contributed by atoms with van der Waals surface area (Å²) in [6.07, 6.45) is -0.819. The predicted molar refractivity (Wildman–Crippen MR) is 163 cm³/mol. The van der Waals surface area contributed by atoms with Crippen LogP contribution in [0.5, 0.6) is 11.5 Å². The molecule has 0 aliphatic carbocycles. The van der Waals surface area contributed by atoms with E-state index in [9.17, 15) is 9.59 Å². The second-order valence-electron chi connectivity index (χ2n) is 9.33. The van der Waals surface area contributed by atoms with Gasteiger partial charge >= 0.3 is 5.97 Å². The molecule has 212 valence electrons. The molecule has 5 aromatic rings. The Labute approximate surface area is 248 Å². The summed E-state index contributed by atoms with van der Waals surface area (Å²) in [5.74, 6) is -0.433. The molecule has 0 fully saturated rings. The Bertz CT molecular complexity index is 1750. The Balaban J connectivity index is 1.42. The molecule has 4 aromatic carbocycles. The number of esters is 1. The van der Waals surface area contributed by atoms with E-state index in [0.717, 1.165) is 16.8 Å². The number of nitrogens with zero attached hydrogens (tertiary/aromatic N) is 2. The van der Waals surface area contributed by atoms with Crippen molar-refractivity contribution in [2.24, 2.45) is 0 Å². The van der Waals surface area contributed by atoms with Crippen molar-refractivity contribution in [3.63, 3.8) is 0 Å². The molecule has 1 unspecified atom stereocenters. The van der Waals surface area contributed by atoms with E-state index in [4.69, 9.17) is 35.8 Å². The predicted octanol–water partition coefficient (Wildman–Crippen LogP) is 7.21. The molecule has 0 saturated carbocycles. The van der Waals surface area contributed by atoms with Crippen LogP contribution < -0.4 is 14.8 Å². The summed E-state index contributed by atoms with van der Waals surface area (Å²) in [6, 6.07) is 27.6. The highest BCUT2D eigenvalue weighted by Crippen LogP contribution is 2.36. The highest BCUT2D eigenvalue weighted by atomic mass is 35.5. The van der Waals surface area contributed by atoms with Gasteiger partial charge in [-0.2, -0.15) is 0 Å². The molecule has 42 heavy (non-hydrogen) atoms. The largest absolute Gasteiger partial charge is 0.495 e. The third-order valence-electron chi connectivity index (χ3n) is 6.64. The van der Waals surface area contributed by atoms with Crippen molar-refractivity contribution in [3.8, 4) is 34.0 Å². The van der Waals surface area contributed by atoms with Crippen LogP contribution in [0.25, 0.3) is 33.5 Å². The summed E-state index contributed by atoms with van der Waals surface area (Å²) >= 11 is 6.23. The molecule has 0 aliphatic rings. The summed E-state index contributed by atoms with van der Waals surface area (Å²) in [5, 5.41) is 3.03. The van der Waals surface area contributed by atoms with Gasteiger partial charge in [0.15, 0.2) is 6.10 Å². The third-order valence-corrected chi connectivity index (χ3v) is 6.93. The first-order valence-electron chi connectivity index (χ1n) is 13.3. The number of carbonyl (C=O) groups is 2. The monoisotopic (exact) mass is 581 g/mol. The van der Waals surface area contributed by atoms with Gasteiger partial charge < -0.3 is 19.5 Å². The molecule has 1 atom stereocenters. The SMILES string of the molecule is CCC(OC(=O)c1ccc2nc(-c3ccccc3)c(-c3ccccc3)nc2c1)C(=O)Nc1cc(Cl)c(OC)cc1OC. The van der Waals surface area contributed by atoms with Crippen LogP contribution in [-0.4, -0.2) is 42.2 Å². The average molecular weight is 582 g/mol. The Morgan fingerprint density at radius 2 is 1.38 bits per heavy atom. The fourth-order valence-electron chi connectivity index (χ4n) is 4.47. The highest BCUT2D eigenvalue weighted by molar-refractivity contribution is 6.32. The lowest BCUT2D eigenvalue weighted by Crippen LogP contribution is -2.32. The van der Waals surface area contributed by atoms with Crippen molar-refractivity contribution in [3.05, 3.63) is 102 Å². The highest BCUT2D eigenvalue weighted by Gasteiger charge is 2.24. The number of methoxy groups -OCH3 is 2. The van der Waals surface area contributed by atoms with Gasteiger partial charge in [-0.15, -0.1) is 0 Å². The number of carbonyl (C=O) groups excluding carboxylic acids is 2. The smallest absolute Gasteiger partial charge is 0.338 e. The molecule has 1 aromatic heterocycles. The molecule has 9 heteroatoms. The first kappa shape index (κ1) is 28.6. The lowest BCUT2D eigenvalue weighted by molar-refractivity contribution is -0.124. The van der Waals surface area contributed by atoms with E-state index in [0.29, 0.717) is 38.9 Å². The lowest BCUT2D eigenvalue weighted by Gasteiger charge is -2.18. The Morgan fingerprint density at radius 1 is 0.786 bits per heavy atom. The molecule has 1 N–H and O–H groups in total. The number of halogens is 1. The number of ether oxygens (including phenoxy) is 3. The van der Waals surface area contributed by atoms with Crippen molar-refractivity contribution in [2.45, 2.75) is 19.4 Å². The topological polar surface area (TPSA) is 99.6 Å². The van der Waals surface area contributed by atoms with E-state index in [1.807, 2.05) is 60.7 Å². The molecule has 0 aliphatic heterocycles. The summed E-state index contributed by atoms with van der Waals surface area (Å²) in [4.78, 5) is 36.1. The van der Waals surface area contributed by atoms with Crippen LogP contribution in [0.15, 0.2) is 91.0 Å². The van der Waals surface area contributed by atoms with E-state index >= 15 is 0 Å². The Hall–Kier alpha value is -4.95. The van der Waals surface area contributed by atoms with Gasteiger partial charge in [0, 0.05) is 17.2 Å². The number of benzene rings is 4. The minimum atomic E-state index is -1.06. The van der Waals surface area contributed by atoms with Gasteiger partial charge in [-0.1, -0.05) is 79.2 Å². The fraction of sp³-hybridized carbons (Fsp3) is 0.152. The number of hydrogen-bond donors (Lipinski definition) is 1. The molecule has 0 spiro atoms. The number of aromatic nitrogens is 2. The zero-order valence-corrected chi connectivity index (χ0v) is 24.0. The normalized spacial score (nSPS) is 11.5. The summed E-state index contributed by atoms with van der Waals surface area (Å²) in [5.41, 5.74) is 4.98. The van der Waals surface area contributed by atoms with Gasteiger partial charge in [0.2, 0.25) is 0 Å². The van der Waals surface area contributed by atoms with E-state index in [1.165, 1.54) is 20.3 Å². The minimum absolute atomic E-state index is 0.246. The molecule has 8 nitrogen and oxygen atoms in total. The van der Waals surface area contributed by atoms with Crippen LogP contribution in [0.1, 0.15) is 23.7 Å². The van der Waals surface area contributed by atoms with Crippen LogP contribution in [0.2, 0.25) is 5.02 Å². The maximum absolute atomic E-state index is 13.2. The maximum atomic E-state index is 13.2. The van der Waals surface area contributed by atoms with Crippen molar-refractivity contribution < 1.29 is 23.8 Å². The van der Waals surface area contributed by atoms with Crippen LogP contribution >= 0.6 is 11.6 Å². The van der Waals surface area contributed by atoms with Crippen molar-refractivity contribution in [1.82, 2.24) is 9.97 Å². The van der Waals surface area contributed by atoms with Gasteiger partial charge in [-0.3, -0.25) is 4.79 Å². The Kier molecular flexibility index (Phi) is 8.64. The molecular formula is C33H28ClN3O5. The summed E-state index contributed by atoms with van der Waals surface area (Å²) in [6.45, 7) is 1.75. The zero-order chi connectivity index (χ0) is 29.6. The van der Waals surface area contributed by atoms with Crippen molar-refractivity contribution >= 4 is 40.2 Å². The first-order chi connectivity index (χ1) is 20.4. The van der Waals surface area contributed by atoms with Gasteiger partial charge in [0.1, 0.15) is 11.5 Å². The molecule has 0 saturated heterocycles. The second-order valence-corrected chi connectivity index (χ2v) is 9.74. The second kappa shape index (κ2) is 12.7. The van der Waals surface area contributed by atoms with E-state index in [-0.39, 0.29) is 12.0 Å². The van der Waals surface area contributed by atoms with Gasteiger partial charge in [-0.25, -0.2) is 14.8 Å². The first-order valence-corrected chi connectivity index (χ1v) is 13.7. The zero-order valence-electron chi connectivity index (χ0n) is 23.3. The van der Waals surface area contributed by atoms with Crippen LogP contribution in [0, 0.1) is 0 Å². The van der Waals surface area contributed by atoms with Crippen molar-refractivity contribution in [2.75, 3.05) is 19.5 Å². The molecule has 0 bridgehead atoms. The molecule has 1 heterocycles. The fourth-order valence-corrected chi connectivity index (χ4v) is 4.71. The van der Waals surface area contributed by atoms with Crippen LogP contribution in [0.3, 0.4) is 0 Å². The lowest BCUT2D eigenvalue weighted by atomic mass is 10.0. The van der Waals surface area contributed by atoms with Crippen LogP contribution in [0.4, 0.5) is 5.69 Å². The van der Waals surface area contributed by atoms with E-state index < -0.39 is 18.0 Å². The number of hydrogen-bond acceptors (Lipinski definition) is 7. The van der Waals surface area contributed by atoms with E-state index in [2.05, 4.69) is 5.32 Å². The summed E-state index contributed by atoms with van der Waals surface area (Å²) in [7, 11) is 2.94. The minimum Gasteiger partial charge on any atom is -0.495 e. The number of rotatable bonds is 9. The third kappa shape index (κ3) is 6.04. The molecule has 1 amide bonds. The van der Waals surface area contributed by atoms with Crippen molar-refractivity contribution in [1.29, 1.82) is 0 Å². The quantitative estimate of drug-likeness (QED) is 0.184. The number of anilines is 1. The maximum Gasteiger partial charge on any atom is 0.338 e.